The zero-order valence-electron chi connectivity index (χ0n) is 15.9. The average molecular weight is 400 g/mol. The highest BCUT2D eigenvalue weighted by atomic mass is 19.1. The molecule has 0 radical (unpaired) electrons. The standard InChI is InChI=1S/C23H17FN4O2/c24-15-7-2-4-9-17(15)28-18-10-5-11-19(29)20(18)23(14(12-25)21(28)26)13-6-1-3-8-16(13)27-22(23)30/h1-4,6-9H,5,10-11,26H2,(H,27,30)/t23-/m0/s1. The highest BCUT2D eigenvalue weighted by molar-refractivity contribution is 6.19. The molecular weight excluding hydrogens is 383 g/mol. The van der Waals surface area contributed by atoms with Crippen molar-refractivity contribution in [1.29, 1.82) is 5.26 Å². The molecular formula is C23H17FN4O2. The van der Waals surface area contributed by atoms with Gasteiger partial charge in [0.2, 0.25) is 5.91 Å². The first-order valence-electron chi connectivity index (χ1n) is 9.64. The summed E-state index contributed by atoms with van der Waals surface area (Å²) in [6.45, 7) is 0. The predicted molar refractivity (Wildman–Crippen MR) is 108 cm³/mol. The van der Waals surface area contributed by atoms with E-state index in [-0.39, 0.29) is 34.9 Å². The molecule has 3 N–H and O–H groups in total. The highest BCUT2D eigenvalue weighted by Gasteiger charge is 2.60. The van der Waals surface area contributed by atoms with Crippen LogP contribution in [0.5, 0.6) is 0 Å². The fourth-order valence-electron chi connectivity index (χ4n) is 4.85. The number of nitrogens with one attached hydrogen (secondary N) is 1. The van der Waals surface area contributed by atoms with Crippen molar-refractivity contribution in [3.05, 3.63) is 82.6 Å². The number of amides is 1. The van der Waals surface area contributed by atoms with Gasteiger partial charge in [-0.3, -0.25) is 14.5 Å². The number of nitrogens with two attached hydrogens (primary N) is 1. The summed E-state index contributed by atoms with van der Waals surface area (Å²) in [4.78, 5) is 28.1. The van der Waals surface area contributed by atoms with E-state index in [1.54, 1.807) is 42.5 Å². The van der Waals surface area contributed by atoms with E-state index >= 15 is 0 Å². The number of nitriles is 1. The third kappa shape index (κ3) is 2.10. The van der Waals surface area contributed by atoms with Crippen molar-refractivity contribution in [3.63, 3.8) is 0 Å². The molecule has 6 nitrogen and oxygen atoms in total. The van der Waals surface area contributed by atoms with Gasteiger partial charge >= 0.3 is 0 Å². The number of allylic oxidation sites excluding steroid dienone is 1. The van der Waals surface area contributed by atoms with Crippen LogP contribution in [0.3, 0.4) is 0 Å². The van der Waals surface area contributed by atoms with Gasteiger partial charge in [-0.2, -0.15) is 5.26 Å². The summed E-state index contributed by atoms with van der Waals surface area (Å²) in [6, 6.07) is 15.1. The number of nitrogens with zero attached hydrogens (tertiary/aromatic N) is 2. The van der Waals surface area contributed by atoms with Crippen LogP contribution >= 0.6 is 0 Å². The molecule has 3 aliphatic rings. The molecule has 2 aromatic carbocycles. The first-order chi connectivity index (χ1) is 14.5. The molecule has 0 saturated carbocycles. The summed E-state index contributed by atoms with van der Waals surface area (Å²) in [7, 11) is 0. The second-order valence-corrected chi connectivity index (χ2v) is 7.51. The SMILES string of the molecule is N#CC1=C(N)N(c2ccccc2F)C2=C(C(=O)CCC2)[C@@]12C(=O)Nc1ccccc12. The summed E-state index contributed by atoms with van der Waals surface area (Å²) >= 11 is 0. The maximum absolute atomic E-state index is 14.7. The van der Waals surface area contributed by atoms with E-state index < -0.39 is 17.1 Å². The molecule has 1 atom stereocenters. The Bertz CT molecular complexity index is 1240. The lowest BCUT2D eigenvalue weighted by molar-refractivity contribution is -0.122. The van der Waals surface area contributed by atoms with Gasteiger partial charge in [-0.25, -0.2) is 4.39 Å². The topological polar surface area (TPSA) is 99.2 Å². The van der Waals surface area contributed by atoms with Gasteiger partial charge in [0.1, 0.15) is 23.1 Å². The van der Waals surface area contributed by atoms with E-state index in [1.807, 2.05) is 0 Å². The molecule has 7 heteroatoms. The molecule has 2 aromatic rings. The largest absolute Gasteiger partial charge is 0.384 e. The number of hydrogen-bond donors (Lipinski definition) is 2. The smallest absolute Gasteiger partial charge is 0.245 e. The number of anilines is 2. The molecule has 1 aliphatic carbocycles. The van der Waals surface area contributed by atoms with Crippen LogP contribution in [0.25, 0.3) is 0 Å². The molecule has 0 saturated heterocycles. The van der Waals surface area contributed by atoms with Crippen LogP contribution in [0.2, 0.25) is 0 Å². The van der Waals surface area contributed by atoms with Crippen LogP contribution in [0, 0.1) is 17.1 Å². The number of rotatable bonds is 1. The molecule has 5 rings (SSSR count). The quantitative estimate of drug-likeness (QED) is 0.766. The van der Waals surface area contributed by atoms with Crippen LogP contribution in [-0.2, 0) is 15.0 Å². The fourth-order valence-corrected chi connectivity index (χ4v) is 4.85. The summed E-state index contributed by atoms with van der Waals surface area (Å²) in [5.74, 6) is -1.29. The Hall–Kier alpha value is -3.92. The lowest BCUT2D eigenvalue weighted by Crippen LogP contribution is -2.50. The monoisotopic (exact) mass is 400 g/mol. The van der Waals surface area contributed by atoms with Gasteiger partial charge in [-0.1, -0.05) is 30.3 Å². The number of Topliss-reactive ketones (excluding diaryl/α,β-unsaturated/α-hetero) is 1. The lowest BCUT2D eigenvalue weighted by atomic mass is 9.64. The zero-order chi connectivity index (χ0) is 21.0. The number of carbonyl (C=O) groups excluding carboxylic acids is 2. The molecule has 0 bridgehead atoms. The first-order valence-corrected chi connectivity index (χ1v) is 9.64. The molecule has 148 valence electrons. The number of para-hydroxylation sites is 2. The van der Waals surface area contributed by atoms with Gasteiger partial charge in [0.15, 0.2) is 5.78 Å². The van der Waals surface area contributed by atoms with Gasteiger partial charge in [-0.05, 0) is 31.0 Å². The van der Waals surface area contributed by atoms with E-state index in [0.717, 1.165) is 0 Å². The van der Waals surface area contributed by atoms with Crippen molar-refractivity contribution >= 4 is 23.1 Å². The minimum Gasteiger partial charge on any atom is -0.384 e. The summed E-state index contributed by atoms with van der Waals surface area (Å²) in [5.41, 5.74) is 6.65. The first kappa shape index (κ1) is 18.1. The van der Waals surface area contributed by atoms with Crippen molar-refractivity contribution in [2.45, 2.75) is 24.7 Å². The van der Waals surface area contributed by atoms with E-state index in [9.17, 15) is 19.2 Å². The van der Waals surface area contributed by atoms with Crippen molar-refractivity contribution in [2.75, 3.05) is 10.2 Å². The lowest BCUT2D eigenvalue weighted by Gasteiger charge is -2.43. The molecule has 2 aliphatic heterocycles. The number of halogens is 1. The van der Waals surface area contributed by atoms with Crippen LogP contribution < -0.4 is 16.0 Å². The second-order valence-electron chi connectivity index (χ2n) is 7.51. The van der Waals surface area contributed by atoms with Crippen molar-refractivity contribution < 1.29 is 14.0 Å². The van der Waals surface area contributed by atoms with Crippen LogP contribution in [0.4, 0.5) is 15.8 Å². The molecule has 0 unspecified atom stereocenters. The number of fused-ring (bicyclic) bond motifs is 3. The molecule has 1 spiro atoms. The van der Waals surface area contributed by atoms with Gasteiger partial charge in [-0.15, -0.1) is 0 Å². The Morgan fingerprint density at radius 3 is 2.60 bits per heavy atom. The Morgan fingerprint density at radius 1 is 1.10 bits per heavy atom. The maximum atomic E-state index is 14.7. The predicted octanol–water partition coefficient (Wildman–Crippen LogP) is 3.24. The maximum Gasteiger partial charge on any atom is 0.245 e. The number of carbonyl (C=O) groups is 2. The third-order valence-corrected chi connectivity index (χ3v) is 6.03. The molecule has 2 heterocycles. The van der Waals surface area contributed by atoms with Gasteiger partial charge in [0.05, 0.1) is 11.3 Å². The van der Waals surface area contributed by atoms with E-state index in [1.165, 1.54) is 11.0 Å². The average Bonchev–Trinajstić information content (AvgIpc) is 3.02. The Balaban J connectivity index is 1.91. The second kappa shape index (κ2) is 6.29. The minimum absolute atomic E-state index is 0.0390. The fraction of sp³-hybridized carbons (Fsp3) is 0.174. The molecule has 1 amide bonds. The highest BCUT2D eigenvalue weighted by Crippen LogP contribution is 2.55. The normalized spacial score (nSPS) is 22.7. The molecule has 30 heavy (non-hydrogen) atoms. The summed E-state index contributed by atoms with van der Waals surface area (Å²) < 4.78 is 14.7. The number of benzene rings is 2. The van der Waals surface area contributed by atoms with Gasteiger partial charge in [0.25, 0.3) is 0 Å². The Morgan fingerprint density at radius 2 is 1.83 bits per heavy atom. The van der Waals surface area contributed by atoms with Crippen LogP contribution in [0.1, 0.15) is 24.8 Å². The number of hydrogen-bond acceptors (Lipinski definition) is 5. The van der Waals surface area contributed by atoms with Gasteiger partial charge < -0.3 is 11.1 Å². The molecule has 0 aromatic heterocycles. The van der Waals surface area contributed by atoms with E-state index in [2.05, 4.69) is 11.4 Å². The zero-order valence-corrected chi connectivity index (χ0v) is 15.9. The minimum atomic E-state index is -1.62. The Labute approximate surface area is 172 Å². The van der Waals surface area contributed by atoms with Crippen molar-refractivity contribution in [3.8, 4) is 6.07 Å². The van der Waals surface area contributed by atoms with Gasteiger partial charge in [0, 0.05) is 28.9 Å². The summed E-state index contributed by atoms with van der Waals surface area (Å²) in [5, 5.41) is 12.9. The number of ketones is 1. The van der Waals surface area contributed by atoms with Crippen LogP contribution in [-0.4, -0.2) is 11.7 Å². The van der Waals surface area contributed by atoms with Crippen molar-refractivity contribution in [1.82, 2.24) is 0 Å². The Kier molecular flexibility index (Phi) is 3.80. The van der Waals surface area contributed by atoms with Crippen LogP contribution in [0.15, 0.2) is 71.2 Å². The third-order valence-electron chi connectivity index (χ3n) is 6.03. The van der Waals surface area contributed by atoms with E-state index in [4.69, 9.17) is 5.73 Å². The van der Waals surface area contributed by atoms with E-state index in [0.29, 0.717) is 29.8 Å². The molecule has 0 fully saturated rings. The van der Waals surface area contributed by atoms with Crippen molar-refractivity contribution in [2.24, 2.45) is 5.73 Å². The summed E-state index contributed by atoms with van der Waals surface area (Å²) in [6.07, 6.45) is 1.24.